The topological polar surface area (TPSA) is 79.0 Å². The van der Waals surface area contributed by atoms with Crippen LogP contribution >= 0.6 is 11.6 Å². The van der Waals surface area contributed by atoms with Crippen LogP contribution in [-0.2, 0) is 14.8 Å². The number of carbonyl (C=O) groups excluding carboxylic acids is 1. The first-order valence-corrected chi connectivity index (χ1v) is 11.5. The Hall–Kier alpha value is -2.20. The van der Waals surface area contributed by atoms with Crippen LogP contribution in [0.3, 0.4) is 0 Å². The Bertz CT molecular complexity index is 1000. The highest BCUT2D eigenvalue weighted by molar-refractivity contribution is 7.89. The van der Waals surface area contributed by atoms with Gasteiger partial charge in [-0.25, -0.2) is 17.1 Å². The highest BCUT2D eigenvalue weighted by Gasteiger charge is 2.23. The highest BCUT2D eigenvalue weighted by Crippen LogP contribution is 2.27. The maximum absolute atomic E-state index is 12.9. The summed E-state index contributed by atoms with van der Waals surface area (Å²) < 4.78 is 44.3. The van der Waals surface area contributed by atoms with Gasteiger partial charge in [-0.3, -0.25) is 9.69 Å². The molecule has 0 fully saturated rings. The van der Waals surface area contributed by atoms with Crippen molar-refractivity contribution in [2.45, 2.75) is 24.3 Å². The summed E-state index contributed by atoms with van der Waals surface area (Å²) in [6.45, 7) is 2.77. The van der Waals surface area contributed by atoms with Crippen LogP contribution < -0.4 is 10.1 Å². The molecule has 0 heterocycles. The van der Waals surface area contributed by atoms with Gasteiger partial charge < -0.3 is 10.1 Å². The fourth-order valence-electron chi connectivity index (χ4n) is 2.65. The average Bonchev–Trinajstić information content (AvgIpc) is 2.72. The minimum atomic E-state index is -3.74. The number of likely N-dealkylation sites (N-methyl/N-ethyl adjacent to an activating group) is 1. The molecule has 170 valence electrons. The van der Waals surface area contributed by atoms with E-state index >= 15 is 0 Å². The summed E-state index contributed by atoms with van der Waals surface area (Å²) in [6.07, 6.45) is 0.664. The van der Waals surface area contributed by atoms with Crippen LogP contribution in [0, 0.1) is 5.82 Å². The molecule has 0 saturated heterocycles. The predicted octanol–water partition coefficient (Wildman–Crippen LogP) is 3.46. The van der Waals surface area contributed by atoms with E-state index in [1.165, 1.54) is 38.4 Å². The second-order valence-electron chi connectivity index (χ2n) is 7.23. The lowest BCUT2D eigenvalue weighted by atomic mass is 10.2. The third-order valence-electron chi connectivity index (χ3n) is 4.74. The van der Waals surface area contributed by atoms with Crippen molar-refractivity contribution in [1.29, 1.82) is 0 Å². The molecule has 1 amide bonds. The van der Waals surface area contributed by atoms with Crippen molar-refractivity contribution >= 4 is 33.2 Å². The first-order valence-electron chi connectivity index (χ1n) is 9.64. The molecule has 1 unspecified atom stereocenters. The van der Waals surface area contributed by atoms with E-state index < -0.39 is 16.1 Å². The Labute approximate surface area is 187 Å². The monoisotopic (exact) mass is 471 g/mol. The van der Waals surface area contributed by atoms with Gasteiger partial charge in [0.25, 0.3) is 0 Å². The number of benzene rings is 2. The number of sulfonamides is 1. The van der Waals surface area contributed by atoms with E-state index in [9.17, 15) is 17.6 Å². The lowest BCUT2D eigenvalue weighted by molar-refractivity contribution is -0.120. The van der Waals surface area contributed by atoms with E-state index in [4.69, 9.17) is 16.3 Å². The molecule has 0 radical (unpaired) electrons. The number of ether oxygens (including phenoxy) is 1. The van der Waals surface area contributed by atoms with Gasteiger partial charge in [0.05, 0.1) is 17.7 Å². The lowest BCUT2D eigenvalue weighted by Gasteiger charge is -2.24. The molecule has 0 bridgehead atoms. The molecule has 1 atom stereocenters. The zero-order valence-electron chi connectivity index (χ0n) is 17.9. The number of hydrogen-bond acceptors (Lipinski definition) is 5. The normalized spacial score (nSPS) is 12.8. The summed E-state index contributed by atoms with van der Waals surface area (Å²) in [5.74, 6) is -0.0161. The molecule has 0 saturated carbocycles. The van der Waals surface area contributed by atoms with Crippen LogP contribution in [0.25, 0.3) is 0 Å². The Balaban J connectivity index is 1.90. The Kier molecular flexibility index (Phi) is 8.81. The summed E-state index contributed by atoms with van der Waals surface area (Å²) in [4.78, 5) is 14.4. The van der Waals surface area contributed by atoms with Crippen molar-refractivity contribution in [3.63, 3.8) is 0 Å². The quantitative estimate of drug-likeness (QED) is 0.537. The molecule has 2 aromatic carbocycles. The number of nitrogens with one attached hydrogen (secondary N) is 1. The van der Waals surface area contributed by atoms with E-state index in [0.29, 0.717) is 31.0 Å². The van der Waals surface area contributed by atoms with E-state index in [0.717, 1.165) is 4.31 Å². The van der Waals surface area contributed by atoms with Crippen LogP contribution in [0.2, 0.25) is 5.02 Å². The zero-order valence-corrected chi connectivity index (χ0v) is 19.5. The first-order chi connectivity index (χ1) is 14.5. The summed E-state index contributed by atoms with van der Waals surface area (Å²) in [5, 5.41) is 2.82. The number of hydrogen-bond donors (Lipinski definition) is 1. The van der Waals surface area contributed by atoms with Crippen molar-refractivity contribution in [3.05, 3.63) is 53.3 Å². The van der Waals surface area contributed by atoms with Gasteiger partial charge in [0.1, 0.15) is 16.5 Å². The SMILES string of the molecule is CC(C(=O)Nc1ccc(Cl)c(S(=O)(=O)N(C)C)c1)N(C)CCCOc1ccc(F)cc1. The minimum Gasteiger partial charge on any atom is -0.494 e. The second-order valence-corrected chi connectivity index (χ2v) is 9.76. The number of rotatable bonds is 10. The number of amides is 1. The van der Waals surface area contributed by atoms with Gasteiger partial charge in [-0.1, -0.05) is 11.6 Å². The van der Waals surface area contributed by atoms with E-state index in [1.54, 1.807) is 25.1 Å². The smallest absolute Gasteiger partial charge is 0.244 e. The zero-order chi connectivity index (χ0) is 23.2. The molecule has 10 heteroatoms. The molecule has 31 heavy (non-hydrogen) atoms. The average molecular weight is 472 g/mol. The molecule has 0 spiro atoms. The van der Waals surface area contributed by atoms with Gasteiger partial charge in [-0.05, 0) is 62.9 Å². The standard InChI is InChI=1S/C21H27ClFN3O4S/c1-15(26(4)12-5-13-30-18-9-6-16(23)7-10-18)21(27)24-17-8-11-19(22)20(14-17)31(28,29)25(2)3/h6-11,14-15H,5,12-13H2,1-4H3,(H,24,27). The summed E-state index contributed by atoms with van der Waals surface area (Å²) in [7, 11) is 0.895. The molecule has 2 aromatic rings. The molecular weight excluding hydrogens is 445 g/mol. The van der Waals surface area contributed by atoms with E-state index in [2.05, 4.69) is 5.32 Å². The minimum absolute atomic E-state index is 0.0732. The lowest BCUT2D eigenvalue weighted by Crippen LogP contribution is -2.40. The highest BCUT2D eigenvalue weighted by atomic mass is 35.5. The van der Waals surface area contributed by atoms with Crippen molar-refractivity contribution in [3.8, 4) is 5.75 Å². The predicted molar refractivity (Wildman–Crippen MR) is 120 cm³/mol. The van der Waals surface area contributed by atoms with E-state index in [1.807, 2.05) is 11.9 Å². The second kappa shape index (κ2) is 10.9. The Morgan fingerprint density at radius 2 is 1.81 bits per heavy atom. The van der Waals surface area contributed by atoms with Crippen LogP contribution in [0.15, 0.2) is 47.4 Å². The summed E-state index contributed by atoms with van der Waals surface area (Å²) in [6, 6.07) is 9.67. The van der Waals surface area contributed by atoms with Crippen LogP contribution in [-0.4, -0.2) is 63.9 Å². The van der Waals surface area contributed by atoms with Crippen LogP contribution in [0.4, 0.5) is 10.1 Å². The Morgan fingerprint density at radius 3 is 2.42 bits per heavy atom. The molecule has 0 aliphatic carbocycles. The Morgan fingerprint density at radius 1 is 1.16 bits per heavy atom. The molecular formula is C21H27ClFN3O4S. The van der Waals surface area contributed by atoms with Gasteiger partial charge in [-0.15, -0.1) is 0 Å². The number of anilines is 1. The van der Waals surface area contributed by atoms with E-state index in [-0.39, 0.29) is 21.6 Å². The van der Waals surface area contributed by atoms with Gasteiger partial charge >= 0.3 is 0 Å². The molecule has 2 rings (SSSR count). The number of nitrogens with zero attached hydrogens (tertiary/aromatic N) is 2. The third-order valence-corrected chi connectivity index (χ3v) is 7.03. The summed E-state index contributed by atoms with van der Waals surface area (Å²) in [5.41, 5.74) is 0.342. The molecule has 0 aromatic heterocycles. The molecule has 0 aliphatic heterocycles. The third kappa shape index (κ3) is 6.90. The first kappa shape index (κ1) is 25.1. The van der Waals surface area contributed by atoms with Crippen molar-refractivity contribution in [1.82, 2.24) is 9.21 Å². The molecule has 0 aliphatic rings. The maximum atomic E-state index is 12.9. The van der Waals surface area contributed by atoms with Gasteiger partial charge in [0.15, 0.2) is 0 Å². The maximum Gasteiger partial charge on any atom is 0.244 e. The largest absolute Gasteiger partial charge is 0.494 e. The molecule has 1 N–H and O–H groups in total. The van der Waals surface area contributed by atoms with Crippen molar-refractivity contribution in [2.75, 3.05) is 39.6 Å². The fraction of sp³-hybridized carbons (Fsp3) is 0.381. The van der Waals surface area contributed by atoms with Gasteiger partial charge in [-0.2, -0.15) is 0 Å². The van der Waals surface area contributed by atoms with Crippen molar-refractivity contribution < 1.29 is 22.3 Å². The van der Waals surface area contributed by atoms with Crippen LogP contribution in [0.1, 0.15) is 13.3 Å². The van der Waals surface area contributed by atoms with Crippen LogP contribution in [0.5, 0.6) is 5.75 Å². The van der Waals surface area contributed by atoms with Crippen molar-refractivity contribution in [2.24, 2.45) is 0 Å². The van der Waals surface area contributed by atoms with Gasteiger partial charge in [0.2, 0.25) is 15.9 Å². The number of halogens is 2. The fourth-order valence-corrected chi connectivity index (χ4v) is 4.04. The number of carbonyl (C=O) groups is 1. The van der Waals surface area contributed by atoms with Gasteiger partial charge in [0, 0.05) is 26.3 Å². The summed E-state index contributed by atoms with van der Waals surface area (Å²) >= 11 is 6.04. The molecule has 7 nitrogen and oxygen atoms in total.